The first-order valence-electron chi connectivity index (χ1n) is 6.41. The van der Waals surface area contributed by atoms with Crippen LogP contribution in [0.1, 0.15) is 11.1 Å². The van der Waals surface area contributed by atoms with E-state index in [1.807, 2.05) is 37.3 Å². The second-order valence-electron chi connectivity index (χ2n) is 4.56. The quantitative estimate of drug-likeness (QED) is 0.805. The zero-order valence-electron chi connectivity index (χ0n) is 11.4. The molecule has 2 aromatic rings. The van der Waals surface area contributed by atoms with Gasteiger partial charge < -0.3 is 15.8 Å². The van der Waals surface area contributed by atoms with Crippen molar-refractivity contribution in [2.45, 2.75) is 13.3 Å². The van der Waals surface area contributed by atoms with Crippen molar-refractivity contribution in [3.8, 4) is 0 Å². The second-order valence-corrected chi connectivity index (χ2v) is 4.56. The van der Waals surface area contributed by atoms with Gasteiger partial charge in [0, 0.05) is 12.8 Å². The zero-order chi connectivity index (χ0) is 13.7. The van der Waals surface area contributed by atoms with E-state index in [1.54, 1.807) is 7.11 Å². The average molecular weight is 256 g/mol. The number of anilines is 3. The third-order valence-electron chi connectivity index (χ3n) is 3.19. The highest BCUT2D eigenvalue weighted by Gasteiger charge is 2.05. The number of nitrogen functional groups attached to an aromatic ring is 1. The predicted octanol–water partition coefficient (Wildman–Crippen LogP) is 3.51. The topological polar surface area (TPSA) is 47.3 Å². The molecule has 2 aromatic carbocycles. The summed E-state index contributed by atoms with van der Waals surface area (Å²) in [6.45, 7) is 2.72. The standard InChI is InChI=1S/C16H20N2O/c1-12-6-5-9-15(16(12)17)18-14-8-4-3-7-13(14)10-11-19-2/h3-9,18H,10-11,17H2,1-2H3. The van der Waals surface area contributed by atoms with E-state index in [2.05, 4.69) is 17.4 Å². The van der Waals surface area contributed by atoms with Crippen molar-refractivity contribution in [1.82, 2.24) is 0 Å². The first kappa shape index (κ1) is 13.4. The van der Waals surface area contributed by atoms with Gasteiger partial charge in [-0.15, -0.1) is 0 Å². The maximum atomic E-state index is 6.09. The number of nitrogens with two attached hydrogens (primary N) is 1. The largest absolute Gasteiger partial charge is 0.397 e. The van der Waals surface area contributed by atoms with Crippen LogP contribution in [0.2, 0.25) is 0 Å². The number of ether oxygens (including phenoxy) is 1. The Morgan fingerprint density at radius 1 is 1.05 bits per heavy atom. The molecule has 0 aliphatic rings. The summed E-state index contributed by atoms with van der Waals surface area (Å²) in [4.78, 5) is 0. The number of hydrogen-bond donors (Lipinski definition) is 2. The molecule has 3 N–H and O–H groups in total. The molecule has 3 nitrogen and oxygen atoms in total. The minimum atomic E-state index is 0.710. The summed E-state index contributed by atoms with van der Waals surface area (Å²) < 4.78 is 5.14. The monoisotopic (exact) mass is 256 g/mol. The van der Waals surface area contributed by atoms with Crippen LogP contribution in [-0.4, -0.2) is 13.7 Å². The van der Waals surface area contributed by atoms with Crippen LogP contribution in [0.25, 0.3) is 0 Å². The lowest BCUT2D eigenvalue weighted by Gasteiger charge is -2.14. The minimum absolute atomic E-state index is 0.710. The van der Waals surface area contributed by atoms with Gasteiger partial charge >= 0.3 is 0 Å². The van der Waals surface area contributed by atoms with Gasteiger partial charge in [0.1, 0.15) is 0 Å². The van der Waals surface area contributed by atoms with Crippen LogP contribution in [0.5, 0.6) is 0 Å². The lowest BCUT2D eigenvalue weighted by atomic mass is 10.1. The van der Waals surface area contributed by atoms with Crippen LogP contribution in [0.4, 0.5) is 17.1 Å². The van der Waals surface area contributed by atoms with Gasteiger partial charge in [0.15, 0.2) is 0 Å². The van der Waals surface area contributed by atoms with Gasteiger partial charge in [-0.25, -0.2) is 0 Å². The SMILES string of the molecule is COCCc1ccccc1Nc1cccc(C)c1N. The minimum Gasteiger partial charge on any atom is -0.397 e. The molecule has 0 aromatic heterocycles. The van der Waals surface area contributed by atoms with Crippen LogP contribution in [0.3, 0.4) is 0 Å². The molecule has 0 radical (unpaired) electrons. The first-order valence-corrected chi connectivity index (χ1v) is 6.41. The zero-order valence-corrected chi connectivity index (χ0v) is 11.4. The van der Waals surface area contributed by atoms with E-state index < -0.39 is 0 Å². The Morgan fingerprint density at radius 2 is 1.79 bits per heavy atom. The average Bonchev–Trinajstić information content (AvgIpc) is 2.43. The van der Waals surface area contributed by atoms with Gasteiger partial charge in [0.25, 0.3) is 0 Å². The highest BCUT2D eigenvalue weighted by molar-refractivity contribution is 5.76. The van der Waals surface area contributed by atoms with Crippen molar-refractivity contribution in [2.24, 2.45) is 0 Å². The molecule has 0 aliphatic carbocycles. The molecule has 0 atom stereocenters. The van der Waals surface area contributed by atoms with E-state index in [0.29, 0.717) is 6.61 Å². The Kier molecular flexibility index (Phi) is 4.42. The van der Waals surface area contributed by atoms with E-state index in [-0.39, 0.29) is 0 Å². The molecule has 0 unspecified atom stereocenters. The number of aryl methyl sites for hydroxylation is 1. The maximum absolute atomic E-state index is 6.09. The number of nitrogens with one attached hydrogen (secondary N) is 1. The van der Waals surface area contributed by atoms with Crippen molar-refractivity contribution in [3.05, 3.63) is 53.6 Å². The molecule has 0 fully saturated rings. The third kappa shape index (κ3) is 3.26. The molecule has 0 aliphatic heterocycles. The van der Waals surface area contributed by atoms with Crippen LogP contribution in [-0.2, 0) is 11.2 Å². The van der Waals surface area contributed by atoms with Crippen molar-refractivity contribution < 1.29 is 4.74 Å². The molecular weight excluding hydrogens is 236 g/mol. The molecule has 0 heterocycles. The molecule has 19 heavy (non-hydrogen) atoms. The summed E-state index contributed by atoms with van der Waals surface area (Å²) in [5.74, 6) is 0. The summed E-state index contributed by atoms with van der Waals surface area (Å²) in [6.07, 6.45) is 0.880. The van der Waals surface area contributed by atoms with Gasteiger partial charge in [-0.05, 0) is 36.6 Å². The van der Waals surface area contributed by atoms with Crippen molar-refractivity contribution >= 4 is 17.1 Å². The van der Waals surface area contributed by atoms with Gasteiger partial charge in [0.05, 0.1) is 18.0 Å². The van der Waals surface area contributed by atoms with E-state index in [1.165, 1.54) is 5.56 Å². The highest BCUT2D eigenvalue weighted by atomic mass is 16.5. The molecule has 0 amide bonds. The fourth-order valence-corrected chi connectivity index (χ4v) is 2.01. The third-order valence-corrected chi connectivity index (χ3v) is 3.19. The lowest BCUT2D eigenvalue weighted by molar-refractivity contribution is 0.202. The maximum Gasteiger partial charge on any atom is 0.0620 e. The van der Waals surface area contributed by atoms with Crippen molar-refractivity contribution in [1.29, 1.82) is 0 Å². The fraction of sp³-hybridized carbons (Fsp3) is 0.250. The van der Waals surface area contributed by atoms with E-state index in [4.69, 9.17) is 10.5 Å². The molecule has 0 bridgehead atoms. The summed E-state index contributed by atoms with van der Waals surface area (Å²) in [7, 11) is 1.72. The van der Waals surface area contributed by atoms with Crippen LogP contribution < -0.4 is 11.1 Å². The Balaban J connectivity index is 2.25. The van der Waals surface area contributed by atoms with Gasteiger partial charge in [-0.2, -0.15) is 0 Å². The van der Waals surface area contributed by atoms with Gasteiger partial charge in [-0.3, -0.25) is 0 Å². The lowest BCUT2D eigenvalue weighted by Crippen LogP contribution is -2.02. The molecule has 0 saturated heterocycles. The Hall–Kier alpha value is -2.00. The molecule has 0 spiro atoms. The number of benzene rings is 2. The van der Waals surface area contributed by atoms with E-state index in [9.17, 15) is 0 Å². The van der Waals surface area contributed by atoms with Crippen LogP contribution in [0, 0.1) is 6.92 Å². The van der Waals surface area contributed by atoms with Crippen molar-refractivity contribution in [2.75, 3.05) is 24.8 Å². The molecule has 100 valence electrons. The summed E-state index contributed by atoms with van der Waals surface area (Å²) in [6, 6.07) is 14.2. The molecule has 0 saturated carbocycles. The molecular formula is C16H20N2O. The normalized spacial score (nSPS) is 10.4. The van der Waals surface area contributed by atoms with Crippen LogP contribution >= 0.6 is 0 Å². The van der Waals surface area contributed by atoms with Crippen molar-refractivity contribution in [3.63, 3.8) is 0 Å². The fourth-order valence-electron chi connectivity index (χ4n) is 2.01. The van der Waals surface area contributed by atoms with E-state index in [0.717, 1.165) is 29.0 Å². The molecule has 3 heteroatoms. The summed E-state index contributed by atoms with van der Waals surface area (Å²) in [5.41, 5.74) is 11.2. The Morgan fingerprint density at radius 3 is 2.58 bits per heavy atom. The van der Waals surface area contributed by atoms with Gasteiger partial charge in [-0.1, -0.05) is 30.3 Å². The van der Waals surface area contributed by atoms with Crippen LogP contribution in [0.15, 0.2) is 42.5 Å². The number of para-hydroxylation sites is 2. The molecule has 2 rings (SSSR count). The summed E-state index contributed by atoms with van der Waals surface area (Å²) >= 11 is 0. The Bertz CT molecular complexity index is 552. The highest BCUT2D eigenvalue weighted by Crippen LogP contribution is 2.27. The van der Waals surface area contributed by atoms with Gasteiger partial charge in [0.2, 0.25) is 0 Å². The number of hydrogen-bond acceptors (Lipinski definition) is 3. The first-order chi connectivity index (χ1) is 9.22. The number of methoxy groups -OCH3 is 1. The smallest absolute Gasteiger partial charge is 0.0620 e. The Labute approximate surface area is 114 Å². The predicted molar refractivity (Wildman–Crippen MR) is 80.9 cm³/mol. The second kappa shape index (κ2) is 6.25. The number of rotatable bonds is 5. The summed E-state index contributed by atoms with van der Waals surface area (Å²) in [5, 5.41) is 3.41. The van der Waals surface area contributed by atoms with E-state index >= 15 is 0 Å².